The molecule has 1 aliphatic rings. The molecule has 0 unspecified atom stereocenters. The van der Waals surface area contributed by atoms with Gasteiger partial charge in [0.25, 0.3) is 0 Å². The van der Waals surface area contributed by atoms with Gasteiger partial charge in [0.1, 0.15) is 0 Å². The van der Waals surface area contributed by atoms with E-state index in [1.54, 1.807) is 0 Å². The summed E-state index contributed by atoms with van der Waals surface area (Å²) in [4.78, 5) is 0. The van der Waals surface area contributed by atoms with Crippen molar-refractivity contribution in [3.63, 3.8) is 0 Å². The lowest BCUT2D eigenvalue weighted by Gasteiger charge is -2.40. The molecular formula is C17H24Cl2O. The van der Waals surface area contributed by atoms with Gasteiger partial charge in [-0.1, -0.05) is 43.1 Å². The molecule has 0 spiro atoms. The molecule has 2 rings (SSSR count). The predicted octanol–water partition coefficient (Wildman–Crippen LogP) is 5.77. The van der Waals surface area contributed by atoms with Crippen molar-refractivity contribution in [3.05, 3.63) is 33.8 Å². The Morgan fingerprint density at radius 3 is 2.35 bits per heavy atom. The Hall–Kier alpha value is -0.240. The summed E-state index contributed by atoms with van der Waals surface area (Å²) in [6.07, 6.45) is 5.70. The van der Waals surface area contributed by atoms with E-state index in [4.69, 9.17) is 27.9 Å². The summed E-state index contributed by atoms with van der Waals surface area (Å²) in [5, 5.41) is 1.25. The van der Waals surface area contributed by atoms with Crippen molar-refractivity contribution in [2.45, 2.75) is 51.6 Å². The first kappa shape index (κ1) is 16.1. The second-order valence-electron chi connectivity index (χ2n) is 6.39. The molecule has 112 valence electrons. The number of rotatable bonds is 4. The first-order valence-electron chi connectivity index (χ1n) is 7.45. The van der Waals surface area contributed by atoms with Gasteiger partial charge in [0.15, 0.2) is 0 Å². The first-order chi connectivity index (χ1) is 9.46. The van der Waals surface area contributed by atoms with Crippen LogP contribution in [0, 0.1) is 11.8 Å². The summed E-state index contributed by atoms with van der Waals surface area (Å²) in [5.41, 5.74) is 1.19. The lowest BCUT2D eigenvalue weighted by molar-refractivity contribution is -0.0525. The summed E-state index contributed by atoms with van der Waals surface area (Å²) < 4.78 is 5.90. The van der Waals surface area contributed by atoms with Crippen LogP contribution in [0.15, 0.2) is 18.2 Å². The fourth-order valence-electron chi connectivity index (χ4n) is 3.31. The van der Waals surface area contributed by atoms with E-state index in [9.17, 15) is 0 Å². The van der Waals surface area contributed by atoms with Crippen LogP contribution in [0.1, 0.15) is 45.1 Å². The third-order valence-corrected chi connectivity index (χ3v) is 5.57. The summed E-state index contributed by atoms with van der Waals surface area (Å²) >= 11 is 12.1. The van der Waals surface area contributed by atoms with Crippen LogP contribution in [0.25, 0.3) is 0 Å². The van der Waals surface area contributed by atoms with Crippen LogP contribution in [0.5, 0.6) is 0 Å². The van der Waals surface area contributed by atoms with E-state index in [0.29, 0.717) is 10.0 Å². The fraction of sp³-hybridized carbons (Fsp3) is 0.647. The Bertz CT molecular complexity index is 448. The van der Waals surface area contributed by atoms with Crippen molar-refractivity contribution in [1.82, 2.24) is 0 Å². The zero-order valence-electron chi connectivity index (χ0n) is 12.6. The second kappa shape index (κ2) is 6.68. The zero-order valence-corrected chi connectivity index (χ0v) is 14.1. The van der Waals surface area contributed by atoms with Crippen LogP contribution in [0.2, 0.25) is 10.0 Å². The van der Waals surface area contributed by atoms with Gasteiger partial charge in [0, 0.05) is 13.5 Å². The maximum Gasteiger partial charge on any atom is 0.0719 e. The normalized spacial score (nSPS) is 27.0. The van der Waals surface area contributed by atoms with Gasteiger partial charge in [-0.15, -0.1) is 0 Å². The molecule has 0 N–H and O–H groups in total. The van der Waals surface area contributed by atoms with Gasteiger partial charge in [0.2, 0.25) is 0 Å². The average Bonchev–Trinajstić information content (AvgIpc) is 2.43. The molecule has 20 heavy (non-hydrogen) atoms. The third-order valence-electron chi connectivity index (χ3n) is 4.83. The van der Waals surface area contributed by atoms with E-state index in [1.165, 1.54) is 18.4 Å². The minimum absolute atomic E-state index is 0.0252. The second-order valence-corrected chi connectivity index (χ2v) is 7.21. The van der Waals surface area contributed by atoms with Gasteiger partial charge >= 0.3 is 0 Å². The number of methoxy groups -OCH3 is 1. The topological polar surface area (TPSA) is 9.23 Å². The molecule has 0 heterocycles. The van der Waals surface area contributed by atoms with Crippen LogP contribution in [0.3, 0.4) is 0 Å². The minimum Gasteiger partial charge on any atom is -0.378 e. The highest BCUT2D eigenvalue weighted by molar-refractivity contribution is 6.42. The van der Waals surface area contributed by atoms with E-state index in [-0.39, 0.29) is 5.60 Å². The summed E-state index contributed by atoms with van der Waals surface area (Å²) in [5.74, 6) is 1.61. The Morgan fingerprint density at radius 2 is 1.85 bits per heavy atom. The minimum atomic E-state index is -0.0252. The summed E-state index contributed by atoms with van der Waals surface area (Å²) in [6, 6.07) is 5.91. The quantitative estimate of drug-likeness (QED) is 0.685. The van der Waals surface area contributed by atoms with Gasteiger partial charge in [-0.05, 0) is 55.2 Å². The molecule has 1 aromatic carbocycles. The molecule has 0 aromatic heterocycles. The average molecular weight is 315 g/mol. The highest BCUT2D eigenvalue weighted by atomic mass is 35.5. The fourth-order valence-corrected chi connectivity index (χ4v) is 3.63. The molecule has 1 nitrogen and oxygen atoms in total. The lowest BCUT2D eigenvalue weighted by Crippen LogP contribution is -2.39. The van der Waals surface area contributed by atoms with Crippen molar-refractivity contribution in [2.75, 3.05) is 7.11 Å². The van der Waals surface area contributed by atoms with Gasteiger partial charge in [0.05, 0.1) is 15.6 Å². The Morgan fingerprint density at radius 1 is 1.20 bits per heavy atom. The van der Waals surface area contributed by atoms with Gasteiger partial charge in [-0.25, -0.2) is 0 Å². The Balaban J connectivity index is 2.07. The molecule has 0 radical (unpaired) electrons. The van der Waals surface area contributed by atoms with Crippen molar-refractivity contribution < 1.29 is 4.74 Å². The van der Waals surface area contributed by atoms with Gasteiger partial charge in [-0.3, -0.25) is 0 Å². The molecule has 1 fully saturated rings. The van der Waals surface area contributed by atoms with Crippen molar-refractivity contribution >= 4 is 23.2 Å². The molecule has 1 saturated carbocycles. The van der Waals surface area contributed by atoms with Gasteiger partial charge in [-0.2, -0.15) is 0 Å². The lowest BCUT2D eigenvalue weighted by atomic mass is 9.72. The highest BCUT2D eigenvalue weighted by Crippen LogP contribution is 2.40. The maximum absolute atomic E-state index is 6.11. The monoisotopic (exact) mass is 314 g/mol. The number of ether oxygens (including phenoxy) is 1. The number of benzene rings is 1. The van der Waals surface area contributed by atoms with Crippen LogP contribution in [-0.4, -0.2) is 12.7 Å². The molecule has 0 atom stereocenters. The van der Waals surface area contributed by atoms with Gasteiger partial charge < -0.3 is 4.74 Å². The smallest absolute Gasteiger partial charge is 0.0719 e. The SMILES string of the molecule is COC1(Cc2ccc(Cl)c(Cl)c2)CCC(C(C)C)CC1. The summed E-state index contributed by atoms with van der Waals surface area (Å²) in [6.45, 7) is 4.65. The van der Waals surface area contributed by atoms with E-state index in [1.807, 2.05) is 19.2 Å². The Labute approximate surface area is 132 Å². The molecule has 0 amide bonds. The third kappa shape index (κ3) is 3.69. The van der Waals surface area contributed by atoms with Crippen LogP contribution in [-0.2, 0) is 11.2 Å². The van der Waals surface area contributed by atoms with Crippen LogP contribution in [0.4, 0.5) is 0 Å². The van der Waals surface area contributed by atoms with E-state index >= 15 is 0 Å². The number of halogens is 2. The van der Waals surface area contributed by atoms with E-state index in [2.05, 4.69) is 19.9 Å². The molecule has 1 aromatic rings. The Kier molecular flexibility index (Phi) is 5.39. The molecule has 0 aliphatic heterocycles. The zero-order chi connectivity index (χ0) is 14.8. The van der Waals surface area contributed by atoms with Crippen LogP contribution < -0.4 is 0 Å². The van der Waals surface area contributed by atoms with E-state index < -0.39 is 0 Å². The summed E-state index contributed by atoms with van der Waals surface area (Å²) in [7, 11) is 1.84. The number of hydrogen-bond donors (Lipinski definition) is 0. The van der Waals surface area contributed by atoms with Crippen molar-refractivity contribution in [2.24, 2.45) is 11.8 Å². The number of hydrogen-bond acceptors (Lipinski definition) is 1. The molecular weight excluding hydrogens is 291 g/mol. The molecule has 1 aliphatic carbocycles. The van der Waals surface area contributed by atoms with Crippen molar-refractivity contribution in [3.8, 4) is 0 Å². The highest BCUT2D eigenvalue weighted by Gasteiger charge is 2.36. The predicted molar refractivity (Wildman–Crippen MR) is 86.7 cm³/mol. The van der Waals surface area contributed by atoms with Crippen molar-refractivity contribution in [1.29, 1.82) is 0 Å². The van der Waals surface area contributed by atoms with E-state index in [0.717, 1.165) is 31.1 Å². The molecule has 3 heteroatoms. The van der Waals surface area contributed by atoms with Crippen LogP contribution >= 0.6 is 23.2 Å². The maximum atomic E-state index is 6.11. The first-order valence-corrected chi connectivity index (χ1v) is 8.20. The molecule has 0 saturated heterocycles. The molecule has 0 bridgehead atoms. The standard InChI is InChI=1S/C17H24Cl2O/c1-12(2)14-6-8-17(20-3,9-7-14)11-13-4-5-15(18)16(19)10-13/h4-5,10,12,14H,6-9,11H2,1-3H3. The largest absolute Gasteiger partial charge is 0.378 e.